The van der Waals surface area contributed by atoms with Crippen molar-refractivity contribution in [1.82, 2.24) is 0 Å². The molecule has 0 heterocycles. The minimum atomic E-state index is -1.49. The topological polar surface area (TPSA) is 29.5 Å². The van der Waals surface area contributed by atoms with Gasteiger partial charge in [-0.1, -0.05) is 54.1 Å². The maximum atomic E-state index is 13.2. The standard InChI is InChI=1S/C22H20BF3O2/c1-14-2-4-15(5-3-14)16-6-8-17(9-7-16)18(12-27)13-28-23-19-10-20(24)22(26)21(25)11-19/h2-11,18,23,27H,12-13H2,1H3. The molecule has 0 saturated heterocycles. The Balaban J connectivity index is 1.62. The van der Waals surface area contributed by atoms with Crippen molar-refractivity contribution in [3.63, 3.8) is 0 Å². The summed E-state index contributed by atoms with van der Waals surface area (Å²) in [7, 11) is -0.0773. The molecule has 0 aliphatic rings. The number of aliphatic hydroxyl groups is 1. The summed E-state index contributed by atoms with van der Waals surface area (Å²) in [4.78, 5) is 0. The zero-order chi connectivity index (χ0) is 20.1. The molecule has 1 atom stereocenters. The average molecular weight is 384 g/mol. The van der Waals surface area contributed by atoms with Crippen LogP contribution in [0.3, 0.4) is 0 Å². The highest BCUT2D eigenvalue weighted by Crippen LogP contribution is 2.23. The molecule has 0 bridgehead atoms. The van der Waals surface area contributed by atoms with Gasteiger partial charge >= 0.3 is 7.48 Å². The van der Waals surface area contributed by atoms with Crippen LogP contribution >= 0.6 is 0 Å². The molecule has 0 radical (unpaired) electrons. The van der Waals surface area contributed by atoms with Gasteiger partial charge in [0.25, 0.3) is 0 Å². The van der Waals surface area contributed by atoms with E-state index in [1.807, 2.05) is 31.2 Å². The number of benzene rings is 3. The van der Waals surface area contributed by atoms with Crippen molar-refractivity contribution in [2.45, 2.75) is 12.8 Å². The van der Waals surface area contributed by atoms with Crippen molar-refractivity contribution < 1.29 is 22.9 Å². The number of halogens is 3. The van der Waals surface area contributed by atoms with Gasteiger partial charge in [0, 0.05) is 12.5 Å². The van der Waals surface area contributed by atoms with Gasteiger partial charge in [-0.05, 0) is 41.2 Å². The van der Waals surface area contributed by atoms with Crippen LogP contribution < -0.4 is 5.46 Å². The molecule has 6 heteroatoms. The molecular weight excluding hydrogens is 364 g/mol. The molecule has 3 rings (SSSR count). The molecule has 2 nitrogen and oxygen atoms in total. The van der Waals surface area contributed by atoms with E-state index in [0.717, 1.165) is 28.8 Å². The Morgan fingerprint density at radius 1 is 0.893 bits per heavy atom. The lowest BCUT2D eigenvalue weighted by Crippen LogP contribution is -2.23. The second-order valence-electron chi connectivity index (χ2n) is 6.76. The fourth-order valence-electron chi connectivity index (χ4n) is 2.96. The first-order valence-corrected chi connectivity index (χ1v) is 8.97. The van der Waals surface area contributed by atoms with Crippen molar-refractivity contribution in [3.05, 3.63) is 89.2 Å². The molecule has 0 aliphatic heterocycles. The maximum absolute atomic E-state index is 13.2. The molecular formula is C22H20BF3O2. The summed E-state index contributed by atoms with van der Waals surface area (Å²) in [6.45, 7) is 2.07. The van der Waals surface area contributed by atoms with Gasteiger partial charge in [-0.15, -0.1) is 0 Å². The SMILES string of the molecule is Cc1ccc(-c2ccc(C(CO)COBc3cc(F)c(F)c(F)c3)cc2)cc1. The van der Waals surface area contributed by atoms with Crippen molar-refractivity contribution in [2.24, 2.45) is 0 Å². The summed E-state index contributed by atoms with van der Waals surface area (Å²) in [5.74, 6) is -4.26. The van der Waals surface area contributed by atoms with Gasteiger partial charge in [0.05, 0.1) is 6.61 Å². The molecule has 144 valence electrons. The Bertz CT molecular complexity index is 905. The summed E-state index contributed by atoms with van der Waals surface area (Å²) in [5.41, 5.74) is 4.46. The Morgan fingerprint density at radius 3 is 1.96 bits per heavy atom. The van der Waals surface area contributed by atoms with E-state index in [0.29, 0.717) is 0 Å². The van der Waals surface area contributed by atoms with Crippen molar-refractivity contribution in [3.8, 4) is 11.1 Å². The minimum Gasteiger partial charge on any atom is -0.434 e. The molecule has 3 aromatic carbocycles. The van der Waals surface area contributed by atoms with Crippen LogP contribution in [0.15, 0.2) is 60.7 Å². The van der Waals surface area contributed by atoms with E-state index in [9.17, 15) is 18.3 Å². The van der Waals surface area contributed by atoms with Crippen LogP contribution in [0.4, 0.5) is 13.2 Å². The van der Waals surface area contributed by atoms with Gasteiger partial charge in [-0.2, -0.15) is 0 Å². The molecule has 0 fully saturated rings. The fraction of sp³-hybridized carbons (Fsp3) is 0.182. The molecule has 3 aromatic rings. The smallest absolute Gasteiger partial charge is 0.308 e. The van der Waals surface area contributed by atoms with E-state index in [1.165, 1.54) is 5.56 Å². The fourth-order valence-corrected chi connectivity index (χ4v) is 2.96. The Labute approximate surface area is 162 Å². The van der Waals surface area contributed by atoms with Crippen molar-refractivity contribution in [1.29, 1.82) is 0 Å². The zero-order valence-electron chi connectivity index (χ0n) is 15.5. The van der Waals surface area contributed by atoms with E-state index in [-0.39, 0.29) is 32.1 Å². The van der Waals surface area contributed by atoms with E-state index in [2.05, 4.69) is 24.3 Å². The van der Waals surface area contributed by atoms with Crippen LogP contribution in [0.1, 0.15) is 17.0 Å². The Hall–Kier alpha value is -2.57. The molecule has 0 spiro atoms. The van der Waals surface area contributed by atoms with E-state index in [1.54, 1.807) is 0 Å². The van der Waals surface area contributed by atoms with Crippen LogP contribution in [0.25, 0.3) is 11.1 Å². The van der Waals surface area contributed by atoms with Gasteiger partial charge in [0.1, 0.15) is 0 Å². The van der Waals surface area contributed by atoms with Gasteiger partial charge in [0.15, 0.2) is 17.5 Å². The minimum absolute atomic E-state index is 0.0773. The largest absolute Gasteiger partial charge is 0.434 e. The first kappa shape index (κ1) is 20.2. The third kappa shape index (κ3) is 4.83. The molecule has 0 aliphatic carbocycles. The van der Waals surface area contributed by atoms with Crippen LogP contribution in [0.2, 0.25) is 0 Å². The summed E-state index contributed by atoms with van der Waals surface area (Å²) in [6, 6.07) is 17.8. The van der Waals surface area contributed by atoms with Crippen LogP contribution in [-0.2, 0) is 4.65 Å². The maximum Gasteiger partial charge on any atom is 0.308 e. The first-order chi connectivity index (χ1) is 13.5. The zero-order valence-corrected chi connectivity index (χ0v) is 15.5. The summed E-state index contributed by atoms with van der Waals surface area (Å²) in [5, 5.41) is 9.67. The molecule has 28 heavy (non-hydrogen) atoms. The number of aryl methyl sites for hydroxylation is 1. The lowest BCUT2D eigenvalue weighted by atomic mass is 9.87. The van der Waals surface area contributed by atoms with Crippen molar-refractivity contribution >= 4 is 12.9 Å². The molecule has 0 amide bonds. The highest BCUT2D eigenvalue weighted by atomic mass is 19.2. The first-order valence-electron chi connectivity index (χ1n) is 8.97. The van der Waals surface area contributed by atoms with Gasteiger partial charge in [-0.25, -0.2) is 13.2 Å². The summed E-state index contributed by atoms with van der Waals surface area (Å²) >= 11 is 0. The average Bonchev–Trinajstić information content (AvgIpc) is 2.70. The molecule has 0 saturated carbocycles. The third-order valence-electron chi connectivity index (χ3n) is 4.62. The second kappa shape index (κ2) is 9.08. The lowest BCUT2D eigenvalue weighted by Gasteiger charge is -2.16. The van der Waals surface area contributed by atoms with Crippen LogP contribution in [0.5, 0.6) is 0 Å². The summed E-state index contributed by atoms with van der Waals surface area (Å²) in [6.07, 6.45) is 0. The monoisotopic (exact) mass is 384 g/mol. The predicted octanol–water partition coefficient (Wildman–Crippen LogP) is 3.85. The van der Waals surface area contributed by atoms with E-state index in [4.69, 9.17) is 4.65 Å². The molecule has 1 unspecified atom stereocenters. The highest BCUT2D eigenvalue weighted by Gasteiger charge is 2.14. The predicted molar refractivity (Wildman–Crippen MR) is 105 cm³/mol. The second-order valence-corrected chi connectivity index (χ2v) is 6.76. The van der Waals surface area contributed by atoms with Gasteiger partial charge in [0.2, 0.25) is 0 Å². The normalized spacial score (nSPS) is 12.0. The highest BCUT2D eigenvalue weighted by molar-refractivity contribution is 6.46. The van der Waals surface area contributed by atoms with E-state index < -0.39 is 17.5 Å². The van der Waals surface area contributed by atoms with E-state index >= 15 is 0 Å². The number of hydrogen-bond acceptors (Lipinski definition) is 2. The number of rotatable bonds is 7. The summed E-state index contributed by atoms with van der Waals surface area (Å²) < 4.78 is 45.0. The van der Waals surface area contributed by atoms with Crippen molar-refractivity contribution in [2.75, 3.05) is 13.2 Å². The Morgan fingerprint density at radius 2 is 1.43 bits per heavy atom. The van der Waals surface area contributed by atoms with Gasteiger partial charge in [-0.3, -0.25) is 0 Å². The number of aliphatic hydroxyl groups excluding tert-OH is 1. The van der Waals surface area contributed by atoms with Gasteiger partial charge < -0.3 is 9.76 Å². The molecule has 0 aromatic heterocycles. The lowest BCUT2D eigenvalue weighted by molar-refractivity contribution is 0.211. The van der Waals surface area contributed by atoms with Crippen LogP contribution in [0, 0.1) is 24.4 Å². The third-order valence-corrected chi connectivity index (χ3v) is 4.62. The quantitative estimate of drug-likeness (QED) is 0.496. The molecule has 1 N–H and O–H groups in total. The Kier molecular flexibility index (Phi) is 6.55. The van der Waals surface area contributed by atoms with Crippen LogP contribution in [-0.4, -0.2) is 25.8 Å². The number of hydrogen-bond donors (Lipinski definition) is 1.